The molecule has 1 N–H and O–H groups in total. The molecule has 2 heterocycles. The van der Waals surface area contributed by atoms with Gasteiger partial charge in [0.05, 0.1) is 16.8 Å². The van der Waals surface area contributed by atoms with Crippen LogP contribution < -0.4 is 5.32 Å². The van der Waals surface area contributed by atoms with Crippen molar-refractivity contribution in [2.45, 2.75) is 31.7 Å². The van der Waals surface area contributed by atoms with Crippen molar-refractivity contribution >= 4 is 45.0 Å². The number of sulfonamides is 1. The van der Waals surface area contributed by atoms with Crippen LogP contribution in [-0.4, -0.2) is 67.9 Å². The molecule has 2 aliphatic rings. The molecule has 29 heavy (non-hydrogen) atoms. The van der Waals surface area contributed by atoms with Gasteiger partial charge in [0, 0.05) is 31.2 Å². The van der Waals surface area contributed by atoms with Gasteiger partial charge in [0.25, 0.3) is 5.91 Å². The van der Waals surface area contributed by atoms with E-state index in [4.69, 9.17) is 23.2 Å². The Bertz CT molecular complexity index is 885. The first-order chi connectivity index (χ1) is 13.7. The van der Waals surface area contributed by atoms with Gasteiger partial charge >= 0.3 is 0 Å². The molecule has 0 aromatic heterocycles. The van der Waals surface area contributed by atoms with Crippen molar-refractivity contribution in [3.05, 3.63) is 33.8 Å². The quantitative estimate of drug-likeness (QED) is 0.728. The number of nitrogens with zero attached hydrogens (tertiary/aromatic N) is 2. The number of carbonyl (C=O) groups excluding carboxylic acids is 2. The summed E-state index contributed by atoms with van der Waals surface area (Å²) in [5.74, 6) is -0.249. The normalized spacial score (nSPS) is 21.3. The van der Waals surface area contributed by atoms with Gasteiger partial charge < -0.3 is 10.2 Å². The fourth-order valence-electron chi connectivity index (χ4n) is 3.91. The van der Waals surface area contributed by atoms with Gasteiger partial charge in [0.1, 0.15) is 6.04 Å². The lowest BCUT2D eigenvalue weighted by atomic mass is 9.98. The molecule has 0 aliphatic carbocycles. The molecular formula is C19H25Cl2N3O4S. The molecule has 2 amide bonds. The maximum absolute atomic E-state index is 12.9. The van der Waals surface area contributed by atoms with Crippen molar-refractivity contribution in [1.82, 2.24) is 14.5 Å². The van der Waals surface area contributed by atoms with E-state index in [2.05, 4.69) is 5.32 Å². The predicted molar refractivity (Wildman–Crippen MR) is 113 cm³/mol. The first kappa shape index (κ1) is 22.3. The molecule has 0 bridgehead atoms. The third-order valence-electron chi connectivity index (χ3n) is 5.58. The summed E-state index contributed by atoms with van der Waals surface area (Å²) in [7, 11) is -3.16. The highest BCUT2D eigenvalue weighted by Gasteiger charge is 2.35. The van der Waals surface area contributed by atoms with Gasteiger partial charge in [-0.1, -0.05) is 23.2 Å². The van der Waals surface area contributed by atoms with E-state index in [-0.39, 0.29) is 17.7 Å². The van der Waals surface area contributed by atoms with Crippen molar-refractivity contribution in [3.8, 4) is 0 Å². The molecule has 160 valence electrons. The fraction of sp³-hybridized carbons (Fsp3) is 0.579. The molecule has 2 saturated heterocycles. The summed E-state index contributed by atoms with van der Waals surface area (Å²) in [4.78, 5) is 27.2. The average molecular weight is 462 g/mol. The molecule has 7 nitrogen and oxygen atoms in total. The van der Waals surface area contributed by atoms with E-state index in [0.29, 0.717) is 61.1 Å². The number of rotatable bonds is 5. The Morgan fingerprint density at radius 2 is 1.83 bits per heavy atom. The topological polar surface area (TPSA) is 86.8 Å². The number of likely N-dealkylation sites (tertiary alicyclic amines) is 1. The third-order valence-corrected chi connectivity index (χ3v) is 7.45. The zero-order chi connectivity index (χ0) is 21.2. The lowest BCUT2D eigenvalue weighted by Gasteiger charge is -2.31. The molecule has 0 saturated carbocycles. The number of amides is 2. The standard InChI is InChI=1S/C19H25Cl2N3O4S/c1-29(27,28)23-9-6-13(7-10-23)12-22-18(25)17-3-2-8-24(17)19(26)15-11-14(20)4-5-16(15)21/h4-5,11,13,17H,2-3,6-10,12H2,1H3,(H,22,25). The Kier molecular flexibility index (Phi) is 7.09. The van der Waals surface area contributed by atoms with E-state index in [9.17, 15) is 18.0 Å². The predicted octanol–water partition coefficient (Wildman–Crippen LogP) is 2.39. The highest BCUT2D eigenvalue weighted by molar-refractivity contribution is 7.88. The maximum Gasteiger partial charge on any atom is 0.256 e. The Labute approximate surface area is 181 Å². The van der Waals surface area contributed by atoms with Crippen LogP contribution >= 0.6 is 23.2 Å². The minimum atomic E-state index is -3.16. The molecular weight excluding hydrogens is 437 g/mol. The highest BCUT2D eigenvalue weighted by Crippen LogP contribution is 2.26. The maximum atomic E-state index is 12.9. The SMILES string of the molecule is CS(=O)(=O)N1CCC(CNC(=O)C2CCCN2C(=O)c2cc(Cl)ccc2Cl)CC1. The van der Waals surface area contributed by atoms with Crippen LogP contribution in [0, 0.1) is 5.92 Å². The van der Waals surface area contributed by atoms with E-state index in [1.165, 1.54) is 16.6 Å². The Morgan fingerprint density at radius 1 is 1.14 bits per heavy atom. The van der Waals surface area contributed by atoms with Crippen LogP contribution in [0.1, 0.15) is 36.0 Å². The number of halogens is 2. The second-order valence-corrected chi connectivity index (χ2v) is 10.5. The first-order valence-corrected chi connectivity index (χ1v) is 12.3. The van der Waals surface area contributed by atoms with Crippen LogP contribution in [0.25, 0.3) is 0 Å². The van der Waals surface area contributed by atoms with Crippen molar-refractivity contribution in [1.29, 1.82) is 0 Å². The first-order valence-electron chi connectivity index (χ1n) is 9.65. The third kappa shape index (κ3) is 5.42. The summed E-state index contributed by atoms with van der Waals surface area (Å²) in [6.45, 7) is 1.92. The second-order valence-electron chi connectivity index (χ2n) is 7.63. The minimum absolute atomic E-state index is 0.181. The molecule has 10 heteroatoms. The second kappa shape index (κ2) is 9.20. The summed E-state index contributed by atoms with van der Waals surface area (Å²) < 4.78 is 24.7. The van der Waals surface area contributed by atoms with Gasteiger partial charge in [-0.25, -0.2) is 12.7 Å². The number of nitrogens with one attached hydrogen (secondary N) is 1. The van der Waals surface area contributed by atoms with Gasteiger partial charge in [-0.2, -0.15) is 0 Å². The molecule has 1 aromatic carbocycles. The van der Waals surface area contributed by atoms with Crippen LogP contribution in [-0.2, 0) is 14.8 Å². The molecule has 2 aliphatic heterocycles. The number of carbonyl (C=O) groups is 2. The van der Waals surface area contributed by atoms with Crippen molar-refractivity contribution in [2.24, 2.45) is 5.92 Å². The summed E-state index contributed by atoms with van der Waals surface area (Å²) in [5.41, 5.74) is 0.298. The van der Waals surface area contributed by atoms with E-state index in [1.807, 2.05) is 0 Å². The number of piperidine rings is 1. The molecule has 1 aromatic rings. The lowest BCUT2D eigenvalue weighted by molar-refractivity contribution is -0.125. The molecule has 3 rings (SSSR count). The van der Waals surface area contributed by atoms with Gasteiger partial charge in [0.15, 0.2) is 0 Å². The van der Waals surface area contributed by atoms with Crippen molar-refractivity contribution in [2.75, 3.05) is 32.4 Å². The zero-order valence-corrected chi connectivity index (χ0v) is 18.6. The van der Waals surface area contributed by atoms with Crippen molar-refractivity contribution < 1.29 is 18.0 Å². The van der Waals surface area contributed by atoms with Crippen LogP contribution in [0.5, 0.6) is 0 Å². The van der Waals surface area contributed by atoms with E-state index in [1.54, 1.807) is 17.0 Å². The fourth-order valence-corrected chi connectivity index (χ4v) is 5.15. The monoisotopic (exact) mass is 461 g/mol. The summed E-state index contributed by atoms with van der Waals surface area (Å²) >= 11 is 12.1. The summed E-state index contributed by atoms with van der Waals surface area (Å²) in [5, 5.41) is 3.67. The van der Waals surface area contributed by atoms with Crippen LogP contribution in [0.2, 0.25) is 10.0 Å². The van der Waals surface area contributed by atoms with Gasteiger partial charge in [0.2, 0.25) is 15.9 Å². The number of hydrogen-bond donors (Lipinski definition) is 1. The lowest BCUT2D eigenvalue weighted by Crippen LogP contribution is -2.48. The van der Waals surface area contributed by atoms with Gasteiger partial charge in [-0.15, -0.1) is 0 Å². The van der Waals surface area contributed by atoms with Crippen molar-refractivity contribution in [3.63, 3.8) is 0 Å². The smallest absolute Gasteiger partial charge is 0.256 e. The average Bonchev–Trinajstić information content (AvgIpc) is 3.17. The zero-order valence-electron chi connectivity index (χ0n) is 16.2. The number of benzene rings is 1. The minimum Gasteiger partial charge on any atom is -0.354 e. The number of hydrogen-bond acceptors (Lipinski definition) is 4. The molecule has 0 spiro atoms. The Morgan fingerprint density at radius 3 is 2.48 bits per heavy atom. The largest absolute Gasteiger partial charge is 0.354 e. The van der Waals surface area contributed by atoms with E-state index >= 15 is 0 Å². The molecule has 0 radical (unpaired) electrons. The van der Waals surface area contributed by atoms with E-state index in [0.717, 1.165) is 6.42 Å². The Hall–Kier alpha value is -1.35. The van der Waals surface area contributed by atoms with Crippen LogP contribution in [0.3, 0.4) is 0 Å². The van der Waals surface area contributed by atoms with Crippen LogP contribution in [0.15, 0.2) is 18.2 Å². The highest BCUT2D eigenvalue weighted by atomic mass is 35.5. The molecule has 1 atom stereocenters. The summed E-state index contributed by atoms with van der Waals surface area (Å²) in [6.07, 6.45) is 3.97. The van der Waals surface area contributed by atoms with Gasteiger partial charge in [-0.05, 0) is 49.8 Å². The molecule has 2 fully saturated rings. The van der Waals surface area contributed by atoms with Gasteiger partial charge in [-0.3, -0.25) is 9.59 Å². The molecule has 1 unspecified atom stereocenters. The van der Waals surface area contributed by atoms with E-state index < -0.39 is 16.1 Å². The Balaban J connectivity index is 1.57. The summed E-state index contributed by atoms with van der Waals surface area (Å²) in [6, 6.07) is 4.18. The van der Waals surface area contributed by atoms with Crippen LogP contribution in [0.4, 0.5) is 0 Å².